The number of benzene rings is 2. The largest absolute Gasteiger partial charge is 0.326 e. The second-order valence-corrected chi connectivity index (χ2v) is 5.17. The zero-order chi connectivity index (χ0) is 15.5. The van der Waals surface area contributed by atoms with Gasteiger partial charge in [-0.15, -0.1) is 0 Å². The molecule has 1 unspecified atom stereocenters. The molecule has 5 heteroatoms. The Morgan fingerprint density at radius 1 is 1.23 bits per heavy atom. The number of fused-ring (bicyclic) bond motifs is 1. The smallest absolute Gasteiger partial charge is 0.247 e. The number of hydrogen-bond acceptors (Lipinski definition) is 3. The van der Waals surface area contributed by atoms with Crippen LogP contribution in [0.3, 0.4) is 0 Å². The minimum Gasteiger partial charge on any atom is -0.326 e. The molecule has 1 aromatic heterocycles. The first-order valence-electron chi connectivity index (χ1n) is 7.21. The van der Waals surface area contributed by atoms with E-state index in [9.17, 15) is 4.79 Å². The number of amides is 1. The van der Waals surface area contributed by atoms with Crippen molar-refractivity contribution in [2.75, 3.05) is 5.32 Å². The summed E-state index contributed by atoms with van der Waals surface area (Å²) in [5.74, 6) is -0.0935. The second-order valence-electron chi connectivity index (χ2n) is 5.17. The van der Waals surface area contributed by atoms with E-state index in [1.54, 1.807) is 6.33 Å². The SMILES string of the molecule is CC(C(=O)Nc1ccccc1CN)n1cnc2ccccc21. The molecule has 22 heavy (non-hydrogen) atoms. The number of hydrogen-bond donors (Lipinski definition) is 2. The number of nitrogens with two attached hydrogens (primary N) is 1. The average molecular weight is 294 g/mol. The molecule has 0 fully saturated rings. The van der Waals surface area contributed by atoms with Gasteiger partial charge in [0.2, 0.25) is 5.91 Å². The van der Waals surface area contributed by atoms with Crippen LogP contribution in [-0.4, -0.2) is 15.5 Å². The maximum Gasteiger partial charge on any atom is 0.247 e. The first kappa shape index (κ1) is 14.3. The van der Waals surface area contributed by atoms with Crippen molar-refractivity contribution in [1.29, 1.82) is 0 Å². The van der Waals surface area contributed by atoms with Crippen LogP contribution in [0.1, 0.15) is 18.5 Å². The fourth-order valence-corrected chi connectivity index (χ4v) is 2.47. The fraction of sp³-hybridized carbons (Fsp3) is 0.176. The fourth-order valence-electron chi connectivity index (χ4n) is 2.47. The van der Waals surface area contributed by atoms with Crippen LogP contribution >= 0.6 is 0 Å². The summed E-state index contributed by atoms with van der Waals surface area (Å²) in [7, 11) is 0. The lowest BCUT2D eigenvalue weighted by Gasteiger charge is -2.16. The Kier molecular flexibility index (Phi) is 3.89. The summed E-state index contributed by atoms with van der Waals surface area (Å²) in [6.45, 7) is 2.24. The standard InChI is InChI=1S/C17H18N4O/c1-12(21-11-19-15-8-4-5-9-16(15)21)17(22)20-14-7-3-2-6-13(14)10-18/h2-9,11-12H,10,18H2,1H3,(H,20,22). The molecule has 1 amide bonds. The van der Waals surface area contributed by atoms with Crippen LogP contribution in [0.5, 0.6) is 0 Å². The Morgan fingerprint density at radius 3 is 2.77 bits per heavy atom. The van der Waals surface area contributed by atoms with Crippen molar-refractivity contribution >= 4 is 22.6 Å². The summed E-state index contributed by atoms with van der Waals surface area (Å²) < 4.78 is 1.87. The molecule has 3 N–H and O–H groups in total. The van der Waals surface area contributed by atoms with E-state index in [4.69, 9.17) is 5.73 Å². The minimum absolute atomic E-state index is 0.0935. The van der Waals surface area contributed by atoms with E-state index in [0.717, 1.165) is 22.3 Å². The molecule has 3 rings (SSSR count). The number of imidazole rings is 1. The molecule has 0 aliphatic carbocycles. The monoisotopic (exact) mass is 294 g/mol. The molecule has 1 atom stereocenters. The third-order valence-electron chi connectivity index (χ3n) is 3.77. The highest BCUT2D eigenvalue weighted by Crippen LogP contribution is 2.20. The van der Waals surface area contributed by atoms with Crippen LogP contribution in [-0.2, 0) is 11.3 Å². The van der Waals surface area contributed by atoms with Gasteiger partial charge in [0.05, 0.1) is 17.4 Å². The van der Waals surface area contributed by atoms with Gasteiger partial charge in [0.25, 0.3) is 0 Å². The Labute approximate surface area is 128 Å². The van der Waals surface area contributed by atoms with Crippen LogP contribution in [0, 0.1) is 0 Å². The van der Waals surface area contributed by atoms with E-state index in [0.29, 0.717) is 6.54 Å². The molecule has 0 saturated heterocycles. The highest BCUT2D eigenvalue weighted by molar-refractivity contribution is 5.95. The Hall–Kier alpha value is -2.66. The topological polar surface area (TPSA) is 72.9 Å². The third-order valence-corrected chi connectivity index (χ3v) is 3.77. The second kappa shape index (κ2) is 5.99. The maximum atomic E-state index is 12.5. The molecule has 3 aromatic rings. The van der Waals surface area contributed by atoms with Gasteiger partial charge in [-0.3, -0.25) is 4.79 Å². The van der Waals surface area contributed by atoms with Gasteiger partial charge in [-0.1, -0.05) is 30.3 Å². The van der Waals surface area contributed by atoms with Gasteiger partial charge in [0.1, 0.15) is 6.04 Å². The first-order chi connectivity index (χ1) is 10.7. The van der Waals surface area contributed by atoms with Gasteiger partial charge in [0.15, 0.2) is 0 Å². The van der Waals surface area contributed by atoms with Crippen molar-refractivity contribution in [3.63, 3.8) is 0 Å². The van der Waals surface area contributed by atoms with Crippen molar-refractivity contribution in [2.45, 2.75) is 19.5 Å². The van der Waals surface area contributed by atoms with Crippen LogP contribution in [0.4, 0.5) is 5.69 Å². The molecule has 0 saturated carbocycles. The van der Waals surface area contributed by atoms with Gasteiger partial charge in [0, 0.05) is 12.2 Å². The predicted molar refractivity (Wildman–Crippen MR) is 87.4 cm³/mol. The van der Waals surface area contributed by atoms with Gasteiger partial charge in [-0.05, 0) is 30.7 Å². The van der Waals surface area contributed by atoms with E-state index in [1.165, 1.54) is 0 Å². The lowest BCUT2D eigenvalue weighted by molar-refractivity contribution is -0.118. The maximum absolute atomic E-state index is 12.5. The molecule has 2 aromatic carbocycles. The zero-order valence-electron chi connectivity index (χ0n) is 12.4. The summed E-state index contributed by atoms with van der Waals surface area (Å²) in [6, 6.07) is 15.0. The van der Waals surface area contributed by atoms with Gasteiger partial charge in [-0.2, -0.15) is 0 Å². The quantitative estimate of drug-likeness (QED) is 0.777. The molecule has 0 aliphatic heterocycles. The van der Waals surface area contributed by atoms with Gasteiger partial charge >= 0.3 is 0 Å². The molecular formula is C17H18N4O. The van der Waals surface area contributed by atoms with Gasteiger partial charge < -0.3 is 15.6 Å². The van der Waals surface area contributed by atoms with Crippen molar-refractivity contribution in [3.05, 3.63) is 60.4 Å². The Bertz CT molecular complexity index is 809. The molecular weight excluding hydrogens is 276 g/mol. The van der Waals surface area contributed by atoms with Crippen LogP contribution in [0.2, 0.25) is 0 Å². The lowest BCUT2D eigenvalue weighted by atomic mass is 10.1. The number of carbonyl (C=O) groups is 1. The highest BCUT2D eigenvalue weighted by Gasteiger charge is 2.17. The molecule has 112 valence electrons. The molecule has 0 aliphatic rings. The highest BCUT2D eigenvalue weighted by atomic mass is 16.2. The Morgan fingerprint density at radius 2 is 1.95 bits per heavy atom. The summed E-state index contributed by atoms with van der Waals surface area (Å²) in [5.41, 5.74) is 9.20. The van der Waals surface area contributed by atoms with E-state index in [-0.39, 0.29) is 11.9 Å². The van der Waals surface area contributed by atoms with Crippen molar-refractivity contribution < 1.29 is 4.79 Å². The van der Waals surface area contributed by atoms with E-state index in [1.807, 2.05) is 60.0 Å². The van der Waals surface area contributed by atoms with Crippen molar-refractivity contribution in [3.8, 4) is 0 Å². The number of carbonyl (C=O) groups excluding carboxylic acids is 1. The van der Waals surface area contributed by atoms with Crippen LogP contribution < -0.4 is 11.1 Å². The number of nitrogens with one attached hydrogen (secondary N) is 1. The molecule has 5 nitrogen and oxygen atoms in total. The Balaban J connectivity index is 1.86. The first-order valence-corrected chi connectivity index (χ1v) is 7.21. The average Bonchev–Trinajstić information content (AvgIpc) is 2.98. The van der Waals surface area contributed by atoms with Crippen molar-refractivity contribution in [2.24, 2.45) is 5.73 Å². The molecule has 0 spiro atoms. The van der Waals surface area contributed by atoms with E-state index >= 15 is 0 Å². The minimum atomic E-state index is -0.363. The van der Waals surface area contributed by atoms with E-state index in [2.05, 4.69) is 10.3 Å². The summed E-state index contributed by atoms with van der Waals surface area (Å²) in [6.07, 6.45) is 1.70. The number of para-hydroxylation sites is 3. The third kappa shape index (κ3) is 2.58. The number of rotatable bonds is 4. The van der Waals surface area contributed by atoms with E-state index < -0.39 is 0 Å². The predicted octanol–water partition coefficient (Wildman–Crippen LogP) is 2.69. The molecule has 0 bridgehead atoms. The number of nitrogens with zero attached hydrogens (tertiary/aromatic N) is 2. The van der Waals surface area contributed by atoms with Gasteiger partial charge in [-0.25, -0.2) is 4.98 Å². The molecule has 0 radical (unpaired) electrons. The molecule has 1 heterocycles. The number of aromatic nitrogens is 2. The zero-order valence-corrected chi connectivity index (χ0v) is 12.4. The summed E-state index contributed by atoms with van der Waals surface area (Å²) in [4.78, 5) is 16.8. The van der Waals surface area contributed by atoms with Crippen LogP contribution in [0.15, 0.2) is 54.9 Å². The lowest BCUT2D eigenvalue weighted by Crippen LogP contribution is -2.24. The number of anilines is 1. The summed E-state index contributed by atoms with van der Waals surface area (Å²) >= 11 is 0. The summed E-state index contributed by atoms with van der Waals surface area (Å²) in [5, 5.41) is 2.95. The van der Waals surface area contributed by atoms with Crippen LogP contribution in [0.25, 0.3) is 11.0 Å². The normalized spacial score (nSPS) is 12.3. The van der Waals surface area contributed by atoms with Crippen molar-refractivity contribution in [1.82, 2.24) is 9.55 Å².